The minimum absolute atomic E-state index is 0.676. The lowest BCUT2D eigenvalue weighted by molar-refractivity contribution is 0.303. The first-order valence-corrected chi connectivity index (χ1v) is 6.77. The minimum Gasteiger partial charge on any atom is -0.370 e. The van der Waals surface area contributed by atoms with Crippen LogP contribution in [0.4, 0.5) is 5.69 Å². The van der Waals surface area contributed by atoms with Gasteiger partial charge in [-0.15, -0.1) is 0 Å². The summed E-state index contributed by atoms with van der Waals surface area (Å²) >= 11 is 3.56. The fourth-order valence-electron chi connectivity index (χ4n) is 3.09. The summed E-state index contributed by atoms with van der Waals surface area (Å²) in [5.41, 5.74) is 2.91. The number of nitrogens with zero attached hydrogens (tertiary/aromatic N) is 1. The molecule has 1 fully saturated rings. The Morgan fingerprint density at radius 2 is 2.31 bits per heavy atom. The van der Waals surface area contributed by atoms with E-state index in [0.717, 1.165) is 12.5 Å². The standard InChI is InChI=1S/C13H17BrN2/c1-16-12-7-11(14)3-2-9(12)6-10-4-5-15-8-13(10)16/h2-3,7,10,13,15H,4-6,8H2,1H3. The van der Waals surface area contributed by atoms with Gasteiger partial charge in [0.15, 0.2) is 0 Å². The van der Waals surface area contributed by atoms with Gasteiger partial charge in [0.05, 0.1) is 0 Å². The van der Waals surface area contributed by atoms with Crippen LogP contribution >= 0.6 is 15.9 Å². The zero-order valence-corrected chi connectivity index (χ0v) is 11.1. The number of rotatable bonds is 0. The highest BCUT2D eigenvalue weighted by atomic mass is 79.9. The van der Waals surface area contributed by atoms with Gasteiger partial charge in [-0.25, -0.2) is 0 Å². The van der Waals surface area contributed by atoms with Gasteiger partial charge < -0.3 is 10.2 Å². The van der Waals surface area contributed by atoms with Crippen molar-refractivity contribution in [1.82, 2.24) is 5.32 Å². The highest BCUT2D eigenvalue weighted by molar-refractivity contribution is 9.10. The summed E-state index contributed by atoms with van der Waals surface area (Å²) < 4.78 is 1.18. The Hall–Kier alpha value is -0.540. The van der Waals surface area contributed by atoms with Gasteiger partial charge in [-0.1, -0.05) is 22.0 Å². The van der Waals surface area contributed by atoms with E-state index in [1.54, 1.807) is 0 Å². The van der Waals surface area contributed by atoms with Crippen molar-refractivity contribution in [3.63, 3.8) is 0 Å². The highest BCUT2D eigenvalue weighted by Crippen LogP contribution is 2.36. The van der Waals surface area contributed by atoms with Gasteiger partial charge in [-0.2, -0.15) is 0 Å². The molecule has 0 amide bonds. The summed E-state index contributed by atoms with van der Waals surface area (Å²) in [7, 11) is 2.23. The SMILES string of the molecule is CN1c2cc(Br)ccc2CC2CCNCC21. The van der Waals surface area contributed by atoms with Gasteiger partial charge in [0, 0.05) is 29.8 Å². The van der Waals surface area contributed by atoms with Gasteiger partial charge >= 0.3 is 0 Å². The molecule has 3 heteroatoms. The molecule has 2 aliphatic heterocycles. The maximum absolute atomic E-state index is 3.56. The van der Waals surface area contributed by atoms with E-state index >= 15 is 0 Å². The van der Waals surface area contributed by atoms with E-state index in [0.29, 0.717) is 6.04 Å². The van der Waals surface area contributed by atoms with Crippen LogP contribution in [0.15, 0.2) is 22.7 Å². The molecule has 1 aromatic carbocycles. The number of halogens is 1. The molecule has 0 radical (unpaired) electrons. The van der Waals surface area contributed by atoms with E-state index in [1.165, 1.54) is 35.1 Å². The number of hydrogen-bond donors (Lipinski definition) is 1. The van der Waals surface area contributed by atoms with Crippen LogP contribution in [-0.2, 0) is 6.42 Å². The monoisotopic (exact) mass is 280 g/mol. The Balaban J connectivity index is 2.00. The zero-order valence-electron chi connectivity index (χ0n) is 9.54. The molecule has 1 N–H and O–H groups in total. The molecule has 1 saturated heterocycles. The molecule has 0 aromatic heterocycles. The number of nitrogens with one attached hydrogen (secondary N) is 1. The third kappa shape index (κ3) is 1.66. The van der Waals surface area contributed by atoms with Gasteiger partial charge in [-0.3, -0.25) is 0 Å². The van der Waals surface area contributed by atoms with Crippen LogP contribution in [0.5, 0.6) is 0 Å². The third-order valence-electron chi connectivity index (χ3n) is 4.00. The molecule has 2 nitrogen and oxygen atoms in total. The Morgan fingerprint density at radius 3 is 3.19 bits per heavy atom. The number of benzene rings is 1. The van der Waals surface area contributed by atoms with Crippen molar-refractivity contribution in [3.05, 3.63) is 28.2 Å². The Bertz CT molecular complexity index is 405. The summed E-state index contributed by atoms with van der Waals surface area (Å²) in [5.74, 6) is 0.833. The molecule has 0 bridgehead atoms. The summed E-state index contributed by atoms with van der Waals surface area (Å²) in [6.07, 6.45) is 2.56. The van der Waals surface area contributed by atoms with Crippen molar-refractivity contribution in [3.8, 4) is 0 Å². The summed E-state index contributed by atoms with van der Waals surface area (Å²) in [4.78, 5) is 2.46. The predicted molar refractivity (Wildman–Crippen MR) is 71.0 cm³/mol. The van der Waals surface area contributed by atoms with E-state index in [-0.39, 0.29) is 0 Å². The third-order valence-corrected chi connectivity index (χ3v) is 4.49. The molecule has 0 aliphatic carbocycles. The molecule has 1 aromatic rings. The summed E-state index contributed by atoms with van der Waals surface area (Å²) in [6, 6.07) is 7.36. The number of anilines is 1. The quantitative estimate of drug-likeness (QED) is 0.785. The highest BCUT2D eigenvalue weighted by Gasteiger charge is 2.33. The smallest absolute Gasteiger partial charge is 0.0443 e. The second-order valence-electron chi connectivity index (χ2n) is 4.91. The van der Waals surface area contributed by atoms with Crippen LogP contribution in [-0.4, -0.2) is 26.2 Å². The maximum Gasteiger partial charge on any atom is 0.0443 e. The second-order valence-corrected chi connectivity index (χ2v) is 5.82. The van der Waals surface area contributed by atoms with Crippen LogP contribution in [0.2, 0.25) is 0 Å². The van der Waals surface area contributed by atoms with Gasteiger partial charge in [0.2, 0.25) is 0 Å². The Morgan fingerprint density at radius 1 is 1.44 bits per heavy atom. The van der Waals surface area contributed by atoms with Crippen molar-refractivity contribution < 1.29 is 0 Å². The second kappa shape index (κ2) is 4.04. The van der Waals surface area contributed by atoms with E-state index in [1.807, 2.05) is 0 Å². The Labute approximate surface area is 105 Å². The molecular weight excluding hydrogens is 264 g/mol. The first kappa shape index (κ1) is 10.6. The predicted octanol–water partition coefficient (Wildman–Crippen LogP) is 2.42. The van der Waals surface area contributed by atoms with Crippen molar-refractivity contribution in [1.29, 1.82) is 0 Å². The van der Waals surface area contributed by atoms with Crippen molar-refractivity contribution >= 4 is 21.6 Å². The van der Waals surface area contributed by atoms with Crippen molar-refractivity contribution in [2.24, 2.45) is 5.92 Å². The van der Waals surface area contributed by atoms with Crippen molar-refractivity contribution in [2.45, 2.75) is 18.9 Å². The minimum atomic E-state index is 0.676. The zero-order chi connectivity index (χ0) is 11.1. The molecule has 2 atom stereocenters. The average molecular weight is 281 g/mol. The van der Waals surface area contributed by atoms with Crippen LogP contribution < -0.4 is 10.2 Å². The topological polar surface area (TPSA) is 15.3 Å². The molecule has 0 spiro atoms. The molecule has 0 saturated carbocycles. The molecule has 2 unspecified atom stereocenters. The van der Waals surface area contributed by atoms with Gasteiger partial charge in [-0.05, 0) is 43.0 Å². The summed E-state index contributed by atoms with van der Waals surface area (Å²) in [6.45, 7) is 2.31. The fourth-order valence-corrected chi connectivity index (χ4v) is 3.44. The number of piperidine rings is 1. The maximum atomic E-state index is 3.56. The molecule has 3 rings (SSSR count). The van der Waals surface area contributed by atoms with Crippen LogP contribution in [0.25, 0.3) is 0 Å². The normalized spacial score (nSPS) is 28.5. The molecule has 16 heavy (non-hydrogen) atoms. The average Bonchev–Trinajstić information content (AvgIpc) is 2.31. The number of fused-ring (bicyclic) bond motifs is 2. The van der Waals surface area contributed by atoms with Crippen LogP contribution in [0.3, 0.4) is 0 Å². The molecule has 2 aliphatic rings. The van der Waals surface area contributed by atoms with Gasteiger partial charge in [0.1, 0.15) is 0 Å². The first-order valence-electron chi connectivity index (χ1n) is 5.97. The number of likely N-dealkylation sites (N-methyl/N-ethyl adjacent to an activating group) is 1. The molecule has 2 heterocycles. The lowest BCUT2D eigenvalue weighted by atomic mass is 9.82. The lowest BCUT2D eigenvalue weighted by Crippen LogP contribution is -2.53. The van der Waals surface area contributed by atoms with Crippen LogP contribution in [0, 0.1) is 5.92 Å². The summed E-state index contributed by atoms with van der Waals surface area (Å²) in [5, 5.41) is 3.51. The number of hydrogen-bond acceptors (Lipinski definition) is 2. The van der Waals surface area contributed by atoms with E-state index in [4.69, 9.17) is 0 Å². The molecular formula is C13H17BrN2. The van der Waals surface area contributed by atoms with E-state index in [2.05, 4.69) is 51.4 Å². The first-order chi connectivity index (χ1) is 7.75. The van der Waals surface area contributed by atoms with Crippen LogP contribution in [0.1, 0.15) is 12.0 Å². The Kier molecular flexibility index (Phi) is 2.68. The largest absolute Gasteiger partial charge is 0.370 e. The van der Waals surface area contributed by atoms with E-state index in [9.17, 15) is 0 Å². The fraction of sp³-hybridized carbons (Fsp3) is 0.538. The van der Waals surface area contributed by atoms with E-state index < -0.39 is 0 Å². The molecule has 86 valence electrons. The lowest BCUT2D eigenvalue weighted by Gasteiger charge is -2.44. The van der Waals surface area contributed by atoms with Gasteiger partial charge in [0.25, 0.3) is 0 Å². The van der Waals surface area contributed by atoms with Crippen molar-refractivity contribution in [2.75, 3.05) is 25.0 Å².